The van der Waals surface area contributed by atoms with E-state index in [1.165, 1.54) is 5.56 Å². The number of nitrogens with two attached hydrogens (primary N) is 1. The fraction of sp³-hybridized carbons (Fsp3) is 0.467. The van der Waals surface area contributed by atoms with E-state index in [1.807, 2.05) is 18.2 Å². The fourth-order valence-electron chi connectivity index (χ4n) is 2.32. The topological polar surface area (TPSA) is 63.4 Å². The highest BCUT2D eigenvalue weighted by Crippen LogP contribution is 2.35. The highest BCUT2D eigenvalue weighted by Gasteiger charge is 2.34. The number of hydrogen-bond donors (Lipinski definition) is 1. The fourth-order valence-corrected chi connectivity index (χ4v) is 2.92. The van der Waals surface area contributed by atoms with Gasteiger partial charge >= 0.3 is 0 Å². The van der Waals surface area contributed by atoms with Crippen LogP contribution in [0.5, 0.6) is 0 Å². The quantitative estimate of drug-likeness (QED) is 0.900. The molecular weight excluding hydrogens is 320 g/mol. The molecule has 1 aromatic rings. The molecule has 5 heteroatoms. The lowest BCUT2D eigenvalue weighted by atomic mass is 9.87. The summed E-state index contributed by atoms with van der Waals surface area (Å²) in [5.74, 6) is -0.863. The number of halogens is 1. The summed E-state index contributed by atoms with van der Waals surface area (Å²) in [5.41, 5.74) is 7.32. The third kappa shape index (κ3) is 2.87. The second-order valence-corrected chi connectivity index (χ2v) is 7.08. The molecule has 1 saturated heterocycles. The lowest BCUT2D eigenvalue weighted by molar-refractivity contribution is -0.123. The Hall–Kier alpha value is -1.36. The molecule has 2 rings (SSSR count). The first-order valence-corrected chi connectivity index (χ1v) is 7.39. The van der Waals surface area contributed by atoms with Crippen LogP contribution in [0.3, 0.4) is 0 Å². The molecule has 1 unspecified atom stereocenters. The number of rotatable bonds is 2. The molecule has 0 radical (unpaired) electrons. The first-order chi connectivity index (χ1) is 9.20. The Kier molecular flexibility index (Phi) is 3.91. The zero-order valence-corrected chi connectivity index (χ0v) is 13.5. The Labute approximate surface area is 127 Å². The van der Waals surface area contributed by atoms with Crippen LogP contribution in [0, 0.1) is 5.92 Å². The monoisotopic (exact) mass is 338 g/mol. The molecule has 0 saturated carbocycles. The van der Waals surface area contributed by atoms with Gasteiger partial charge in [0.2, 0.25) is 11.8 Å². The van der Waals surface area contributed by atoms with Crippen molar-refractivity contribution in [2.24, 2.45) is 11.7 Å². The van der Waals surface area contributed by atoms with Crippen LogP contribution in [0.15, 0.2) is 22.7 Å². The van der Waals surface area contributed by atoms with E-state index in [-0.39, 0.29) is 17.7 Å². The molecule has 2 N–H and O–H groups in total. The normalized spacial score (nSPS) is 19.5. The van der Waals surface area contributed by atoms with Crippen LogP contribution in [0.1, 0.15) is 32.8 Å². The predicted octanol–water partition coefficient (Wildman–Crippen LogP) is 2.58. The number of carbonyl (C=O) groups excluding carboxylic acids is 2. The molecule has 0 spiro atoms. The maximum absolute atomic E-state index is 12.0. The minimum absolute atomic E-state index is 0.0474. The molecule has 0 aromatic heterocycles. The number of hydrogen-bond acceptors (Lipinski definition) is 2. The molecule has 108 valence electrons. The minimum atomic E-state index is -0.414. The molecule has 1 aliphatic heterocycles. The lowest BCUT2D eigenvalue weighted by Gasteiger charge is -2.23. The Morgan fingerprint density at radius 1 is 1.40 bits per heavy atom. The van der Waals surface area contributed by atoms with Crippen LogP contribution >= 0.6 is 15.9 Å². The summed E-state index contributed by atoms with van der Waals surface area (Å²) >= 11 is 3.52. The van der Waals surface area contributed by atoms with Gasteiger partial charge in [-0.3, -0.25) is 9.59 Å². The van der Waals surface area contributed by atoms with Gasteiger partial charge in [-0.2, -0.15) is 0 Å². The predicted molar refractivity (Wildman–Crippen MR) is 82.5 cm³/mol. The van der Waals surface area contributed by atoms with E-state index < -0.39 is 11.8 Å². The van der Waals surface area contributed by atoms with Crippen LogP contribution in [0.2, 0.25) is 0 Å². The molecule has 1 aromatic carbocycles. The number of amides is 2. The van der Waals surface area contributed by atoms with E-state index in [0.717, 1.165) is 10.2 Å². The summed E-state index contributed by atoms with van der Waals surface area (Å²) in [6.45, 7) is 6.78. The van der Waals surface area contributed by atoms with Crippen LogP contribution < -0.4 is 10.6 Å². The molecule has 0 bridgehead atoms. The third-order valence-corrected chi connectivity index (χ3v) is 4.27. The molecule has 2 amide bonds. The second kappa shape index (κ2) is 5.20. The maximum Gasteiger partial charge on any atom is 0.227 e. The SMILES string of the molecule is CC(C)(C)c1ccc(N2CC(C(N)=O)CC2=O)c(Br)c1. The standard InChI is InChI=1S/C15H19BrN2O2/c1-15(2,3)10-4-5-12(11(16)7-10)18-8-9(14(17)20)6-13(18)19/h4-5,7,9H,6,8H2,1-3H3,(H2,17,20). The molecule has 0 aliphatic carbocycles. The average Bonchev–Trinajstić information content (AvgIpc) is 2.70. The van der Waals surface area contributed by atoms with Gasteiger partial charge in [0, 0.05) is 17.4 Å². The van der Waals surface area contributed by atoms with Gasteiger partial charge in [0.1, 0.15) is 0 Å². The molecule has 1 fully saturated rings. The summed E-state index contributed by atoms with van der Waals surface area (Å²) in [6, 6.07) is 5.97. The third-order valence-electron chi connectivity index (χ3n) is 3.63. The first-order valence-electron chi connectivity index (χ1n) is 6.60. The molecular formula is C15H19BrN2O2. The Morgan fingerprint density at radius 3 is 2.50 bits per heavy atom. The van der Waals surface area contributed by atoms with Crippen molar-refractivity contribution in [2.45, 2.75) is 32.6 Å². The Balaban J connectivity index is 2.31. The van der Waals surface area contributed by atoms with Gasteiger partial charge < -0.3 is 10.6 Å². The van der Waals surface area contributed by atoms with Gasteiger partial charge in [-0.05, 0) is 39.0 Å². The summed E-state index contributed by atoms with van der Waals surface area (Å²) in [6.07, 6.45) is 0.197. The number of carbonyl (C=O) groups is 2. The summed E-state index contributed by atoms with van der Waals surface area (Å²) in [5, 5.41) is 0. The van der Waals surface area contributed by atoms with E-state index in [2.05, 4.69) is 36.7 Å². The molecule has 1 aliphatic rings. The van der Waals surface area contributed by atoms with Crippen LogP contribution in [0.25, 0.3) is 0 Å². The zero-order chi connectivity index (χ0) is 15.1. The highest BCUT2D eigenvalue weighted by molar-refractivity contribution is 9.10. The summed E-state index contributed by atoms with van der Waals surface area (Å²) in [4.78, 5) is 24.9. The van der Waals surface area contributed by atoms with Crippen LogP contribution in [-0.4, -0.2) is 18.4 Å². The van der Waals surface area contributed by atoms with Gasteiger partial charge in [0.15, 0.2) is 0 Å². The van der Waals surface area contributed by atoms with Crippen LogP contribution in [0.4, 0.5) is 5.69 Å². The first kappa shape index (κ1) is 15.0. The minimum Gasteiger partial charge on any atom is -0.369 e. The zero-order valence-electron chi connectivity index (χ0n) is 11.9. The van der Waals surface area contributed by atoms with E-state index in [9.17, 15) is 9.59 Å². The summed E-state index contributed by atoms with van der Waals surface area (Å²) < 4.78 is 0.864. The molecule has 1 heterocycles. The second-order valence-electron chi connectivity index (χ2n) is 6.22. The van der Waals surface area contributed by atoms with Crippen LogP contribution in [-0.2, 0) is 15.0 Å². The largest absolute Gasteiger partial charge is 0.369 e. The van der Waals surface area contributed by atoms with E-state index in [0.29, 0.717) is 6.54 Å². The molecule has 20 heavy (non-hydrogen) atoms. The highest BCUT2D eigenvalue weighted by atomic mass is 79.9. The van der Waals surface area contributed by atoms with Crippen molar-refractivity contribution in [1.82, 2.24) is 0 Å². The van der Waals surface area contributed by atoms with E-state index in [1.54, 1.807) is 4.90 Å². The van der Waals surface area contributed by atoms with Crippen molar-refractivity contribution < 1.29 is 9.59 Å². The van der Waals surface area contributed by atoms with Gasteiger partial charge in [-0.15, -0.1) is 0 Å². The van der Waals surface area contributed by atoms with Gasteiger partial charge in [-0.1, -0.05) is 26.8 Å². The molecule has 4 nitrogen and oxygen atoms in total. The van der Waals surface area contributed by atoms with E-state index >= 15 is 0 Å². The van der Waals surface area contributed by atoms with Crippen molar-refractivity contribution in [1.29, 1.82) is 0 Å². The Bertz CT molecular complexity index is 563. The number of primary amides is 1. The van der Waals surface area contributed by atoms with Gasteiger partial charge in [-0.25, -0.2) is 0 Å². The number of anilines is 1. The van der Waals surface area contributed by atoms with Crippen molar-refractivity contribution >= 4 is 33.4 Å². The Morgan fingerprint density at radius 2 is 2.05 bits per heavy atom. The maximum atomic E-state index is 12.0. The lowest BCUT2D eigenvalue weighted by Crippen LogP contribution is -2.28. The van der Waals surface area contributed by atoms with Gasteiger partial charge in [0.25, 0.3) is 0 Å². The van der Waals surface area contributed by atoms with Gasteiger partial charge in [0.05, 0.1) is 11.6 Å². The van der Waals surface area contributed by atoms with E-state index in [4.69, 9.17) is 5.73 Å². The van der Waals surface area contributed by atoms with Crippen molar-refractivity contribution in [3.63, 3.8) is 0 Å². The van der Waals surface area contributed by atoms with Crippen molar-refractivity contribution in [2.75, 3.05) is 11.4 Å². The van der Waals surface area contributed by atoms with Crippen molar-refractivity contribution in [3.8, 4) is 0 Å². The number of nitrogens with zero attached hydrogens (tertiary/aromatic N) is 1. The average molecular weight is 339 g/mol. The smallest absolute Gasteiger partial charge is 0.227 e. The number of benzene rings is 1. The van der Waals surface area contributed by atoms with Crippen molar-refractivity contribution in [3.05, 3.63) is 28.2 Å². The summed E-state index contributed by atoms with van der Waals surface area (Å²) in [7, 11) is 0. The molecule has 1 atom stereocenters.